The SMILES string of the molecule is NCCC(c1ccc2c(c1)OCCO2)N1CCOCC1. The fourth-order valence-corrected chi connectivity index (χ4v) is 2.87. The van der Waals surface area contributed by atoms with E-state index in [0.29, 0.717) is 25.8 Å². The molecule has 1 atom stereocenters. The summed E-state index contributed by atoms with van der Waals surface area (Å²) in [7, 11) is 0. The third-order valence-electron chi connectivity index (χ3n) is 3.88. The molecule has 0 aromatic heterocycles. The minimum Gasteiger partial charge on any atom is -0.486 e. The Balaban J connectivity index is 1.82. The highest BCUT2D eigenvalue weighted by molar-refractivity contribution is 5.44. The second-order valence-electron chi connectivity index (χ2n) is 5.14. The van der Waals surface area contributed by atoms with Crippen LogP contribution in [0, 0.1) is 0 Å². The Bertz CT molecular complexity index is 447. The summed E-state index contributed by atoms with van der Waals surface area (Å²) in [6.07, 6.45) is 0.944. The van der Waals surface area contributed by atoms with Crippen LogP contribution >= 0.6 is 0 Å². The summed E-state index contributed by atoms with van der Waals surface area (Å²) >= 11 is 0. The molecular weight excluding hydrogens is 256 g/mol. The molecule has 2 heterocycles. The summed E-state index contributed by atoms with van der Waals surface area (Å²) in [6, 6.07) is 6.57. The predicted octanol–water partition coefficient (Wildman–Crippen LogP) is 1.18. The molecule has 0 bridgehead atoms. The van der Waals surface area contributed by atoms with E-state index >= 15 is 0 Å². The maximum atomic E-state index is 5.80. The number of hydrogen-bond acceptors (Lipinski definition) is 5. The van der Waals surface area contributed by atoms with Crippen molar-refractivity contribution in [3.05, 3.63) is 23.8 Å². The molecule has 1 fully saturated rings. The van der Waals surface area contributed by atoms with Crippen LogP contribution in [0.15, 0.2) is 18.2 Å². The van der Waals surface area contributed by atoms with Gasteiger partial charge in [-0.05, 0) is 30.7 Å². The quantitative estimate of drug-likeness (QED) is 0.896. The maximum Gasteiger partial charge on any atom is 0.161 e. The molecular formula is C15H22N2O3. The molecule has 0 saturated carbocycles. The lowest BCUT2D eigenvalue weighted by Gasteiger charge is -2.35. The van der Waals surface area contributed by atoms with E-state index in [4.69, 9.17) is 19.9 Å². The van der Waals surface area contributed by atoms with E-state index in [1.54, 1.807) is 0 Å². The van der Waals surface area contributed by atoms with Crippen LogP contribution < -0.4 is 15.2 Å². The summed E-state index contributed by atoms with van der Waals surface area (Å²) in [5, 5.41) is 0. The number of nitrogens with two attached hydrogens (primary N) is 1. The van der Waals surface area contributed by atoms with Crippen molar-refractivity contribution in [1.29, 1.82) is 0 Å². The zero-order chi connectivity index (χ0) is 13.8. The maximum absolute atomic E-state index is 5.80. The van der Waals surface area contributed by atoms with Gasteiger partial charge in [-0.15, -0.1) is 0 Å². The standard InChI is InChI=1S/C15H22N2O3/c16-4-3-13(17-5-7-18-8-6-17)12-1-2-14-15(11-12)20-10-9-19-14/h1-2,11,13H,3-10,16H2. The number of ether oxygens (including phenoxy) is 3. The van der Waals surface area contributed by atoms with Crippen LogP contribution in [0.5, 0.6) is 11.5 Å². The van der Waals surface area contributed by atoms with E-state index < -0.39 is 0 Å². The van der Waals surface area contributed by atoms with E-state index in [1.807, 2.05) is 6.07 Å². The molecule has 5 nitrogen and oxygen atoms in total. The zero-order valence-corrected chi connectivity index (χ0v) is 11.7. The Morgan fingerprint density at radius 3 is 2.55 bits per heavy atom. The molecule has 0 spiro atoms. The Morgan fingerprint density at radius 2 is 1.80 bits per heavy atom. The molecule has 2 aliphatic heterocycles. The summed E-state index contributed by atoms with van der Waals surface area (Å²) in [5.41, 5.74) is 7.05. The number of morpholine rings is 1. The summed E-state index contributed by atoms with van der Waals surface area (Å²) in [4.78, 5) is 2.45. The average Bonchev–Trinajstić information content (AvgIpc) is 2.53. The van der Waals surface area contributed by atoms with Gasteiger partial charge in [0.1, 0.15) is 13.2 Å². The van der Waals surface area contributed by atoms with Crippen LogP contribution in [0.3, 0.4) is 0 Å². The number of rotatable bonds is 4. The van der Waals surface area contributed by atoms with Gasteiger partial charge in [0.25, 0.3) is 0 Å². The Kier molecular flexibility index (Phi) is 4.40. The fraction of sp³-hybridized carbons (Fsp3) is 0.600. The topological polar surface area (TPSA) is 57.0 Å². The van der Waals surface area contributed by atoms with Crippen LogP contribution in [0.25, 0.3) is 0 Å². The molecule has 20 heavy (non-hydrogen) atoms. The Hall–Kier alpha value is -1.30. The Morgan fingerprint density at radius 1 is 1.05 bits per heavy atom. The fourth-order valence-electron chi connectivity index (χ4n) is 2.87. The van der Waals surface area contributed by atoms with Crippen molar-refractivity contribution in [2.75, 3.05) is 46.1 Å². The van der Waals surface area contributed by atoms with Gasteiger partial charge in [0.05, 0.1) is 13.2 Å². The van der Waals surface area contributed by atoms with E-state index in [1.165, 1.54) is 5.56 Å². The first kappa shape index (κ1) is 13.7. The number of fused-ring (bicyclic) bond motifs is 1. The van der Waals surface area contributed by atoms with Gasteiger partial charge in [-0.3, -0.25) is 4.90 Å². The summed E-state index contributed by atoms with van der Waals surface area (Å²) < 4.78 is 16.7. The molecule has 1 unspecified atom stereocenters. The van der Waals surface area contributed by atoms with Crippen LogP contribution in [-0.4, -0.2) is 51.0 Å². The smallest absolute Gasteiger partial charge is 0.161 e. The van der Waals surface area contributed by atoms with Crippen molar-refractivity contribution in [3.63, 3.8) is 0 Å². The minimum atomic E-state index is 0.333. The molecule has 2 aliphatic rings. The van der Waals surface area contributed by atoms with E-state index in [9.17, 15) is 0 Å². The van der Waals surface area contributed by atoms with Gasteiger partial charge in [0.15, 0.2) is 11.5 Å². The summed E-state index contributed by atoms with van der Waals surface area (Å²) in [6.45, 7) is 5.43. The highest BCUT2D eigenvalue weighted by Gasteiger charge is 2.23. The molecule has 5 heteroatoms. The number of benzene rings is 1. The van der Waals surface area contributed by atoms with Crippen molar-refractivity contribution in [2.45, 2.75) is 12.5 Å². The molecule has 0 aliphatic carbocycles. The van der Waals surface area contributed by atoms with Crippen LogP contribution in [0.1, 0.15) is 18.0 Å². The monoisotopic (exact) mass is 278 g/mol. The molecule has 3 rings (SSSR count). The van der Waals surface area contributed by atoms with Crippen LogP contribution in [-0.2, 0) is 4.74 Å². The average molecular weight is 278 g/mol. The van der Waals surface area contributed by atoms with Crippen LogP contribution in [0.4, 0.5) is 0 Å². The second kappa shape index (κ2) is 6.43. The van der Waals surface area contributed by atoms with Gasteiger partial charge in [-0.1, -0.05) is 6.07 Å². The lowest BCUT2D eigenvalue weighted by atomic mass is 10.0. The normalized spacial score (nSPS) is 20.6. The van der Waals surface area contributed by atoms with E-state index in [2.05, 4.69) is 17.0 Å². The van der Waals surface area contributed by atoms with Crippen molar-refractivity contribution >= 4 is 0 Å². The second-order valence-corrected chi connectivity index (χ2v) is 5.14. The largest absolute Gasteiger partial charge is 0.486 e. The highest BCUT2D eigenvalue weighted by atomic mass is 16.6. The van der Waals surface area contributed by atoms with Gasteiger partial charge < -0.3 is 19.9 Å². The lowest BCUT2D eigenvalue weighted by Crippen LogP contribution is -2.39. The number of nitrogens with zero attached hydrogens (tertiary/aromatic N) is 1. The minimum absolute atomic E-state index is 0.333. The van der Waals surface area contributed by atoms with Gasteiger partial charge in [0, 0.05) is 19.1 Å². The highest BCUT2D eigenvalue weighted by Crippen LogP contribution is 2.35. The van der Waals surface area contributed by atoms with Gasteiger partial charge >= 0.3 is 0 Å². The molecule has 1 aromatic rings. The molecule has 1 saturated heterocycles. The van der Waals surface area contributed by atoms with Gasteiger partial charge in [-0.25, -0.2) is 0 Å². The summed E-state index contributed by atoms with van der Waals surface area (Å²) in [5.74, 6) is 1.69. The Labute approximate surface area is 119 Å². The van der Waals surface area contributed by atoms with Crippen molar-refractivity contribution < 1.29 is 14.2 Å². The predicted molar refractivity (Wildman–Crippen MR) is 76.2 cm³/mol. The molecule has 2 N–H and O–H groups in total. The first-order valence-electron chi connectivity index (χ1n) is 7.30. The zero-order valence-electron chi connectivity index (χ0n) is 11.7. The molecule has 0 amide bonds. The number of hydrogen-bond donors (Lipinski definition) is 1. The van der Waals surface area contributed by atoms with Gasteiger partial charge in [0.2, 0.25) is 0 Å². The van der Waals surface area contributed by atoms with Gasteiger partial charge in [-0.2, -0.15) is 0 Å². The van der Waals surface area contributed by atoms with Crippen molar-refractivity contribution in [1.82, 2.24) is 4.90 Å². The molecule has 110 valence electrons. The van der Waals surface area contributed by atoms with E-state index in [0.717, 1.165) is 44.2 Å². The van der Waals surface area contributed by atoms with Crippen molar-refractivity contribution in [2.24, 2.45) is 5.73 Å². The van der Waals surface area contributed by atoms with E-state index in [-0.39, 0.29) is 0 Å². The molecule has 0 radical (unpaired) electrons. The third-order valence-corrected chi connectivity index (χ3v) is 3.88. The lowest BCUT2D eigenvalue weighted by molar-refractivity contribution is 0.0146. The first-order chi connectivity index (χ1) is 9.88. The van der Waals surface area contributed by atoms with Crippen LogP contribution in [0.2, 0.25) is 0 Å². The first-order valence-corrected chi connectivity index (χ1v) is 7.30. The molecule has 1 aromatic carbocycles. The van der Waals surface area contributed by atoms with Crippen molar-refractivity contribution in [3.8, 4) is 11.5 Å². The third kappa shape index (κ3) is 2.90.